The zero-order valence-corrected chi connectivity index (χ0v) is 16.3. The van der Waals surface area contributed by atoms with Crippen molar-refractivity contribution in [2.24, 2.45) is 0 Å². The molecule has 2 aromatic rings. The molecule has 0 fully saturated rings. The summed E-state index contributed by atoms with van der Waals surface area (Å²) in [6.07, 6.45) is -4.79. The first-order valence-corrected chi connectivity index (χ1v) is 8.75. The smallest absolute Gasteiger partial charge is 0.416 e. The number of Topliss-reactive ketones (excluding diaryl/α,β-unsaturated/α-hetero) is 1. The van der Waals surface area contributed by atoms with E-state index in [2.05, 4.69) is 0 Å². The van der Waals surface area contributed by atoms with Gasteiger partial charge in [0.15, 0.2) is 11.6 Å². The van der Waals surface area contributed by atoms with E-state index in [1.807, 2.05) is 0 Å². The van der Waals surface area contributed by atoms with Crippen molar-refractivity contribution >= 4 is 29.0 Å². The molecule has 3 rings (SSSR count). The highest BCUT2D eigenvalue weighted by molar-refractivity contribution is 6.32. The Labute approximate surface area is 172 Å². The lowest BCUT2D eigenvalue weighted by molar-refractivity contribution is -0.148. The highest BCUT2D eigenvalue weighted by Gasteiger charge is 2.49. The number of benzene rings is 2. The molecule has 160 valence electrons. The number of ether oxygens (including phenoxy) is 2. The molecule has 1 aliphatic rings. The number of halogens is 5. The summed E-state index contributed by atoms with van der Waals surface area (Å²) in [5.74, 6) is -3.63. The zero-order chi connectivity index (χ0) is 22.4. The summed E-state index contributed by atoms with van der Waals surface area (Å²) in [6, 6.07) is 4.68. The van der Waals surface area contributed by atoms with Gasteiger partial charge in [0.05, 0.1) is 16.3 Å². The van der Waals surface area contributed by atoms with Crippen LogP contribution in [0.5, 0.6) is 17.2 Å². The molecule has 0 aromatic heterocycles. The number of aliphatic hydroxyl groups is 1. The van der Waals surface area contributed by atoms with Gasteiger partial charge >= 0.3 is 6.18 Å². The first kappa shape index (κ1) is 21.8. The van der Waals surface area contributed by atoms with Crippen LogP contribution in [0.1, 0.15) is 12.5 Å². The maximum atomic E-state index is 14.2. The molecule has 1 atom stereocenters. The fourth-order valence-corrected chi connectivity index (χ4v) is 3.12. The van der Waals surface area contributed by atoms with Crippen molar-refractivity contribution in [1.29, 1.82) is 0 Å². The van der Waals surface area contributed by atoms with E-state index >= 15 is 0 Å². The van der Waals surface area contributed by atoms with Crippen molar-refractivity contribution < 1.29 is 41.7 Å². The molecule has 1 unspecified atom stereocenters. The second kappa shape index (κ2) is 7.44. The standard InChI is InChI=1S/C19H14ClF4NO5/c1-18(15(27)8-26)17(28)25(2)13-4-3-10(7-14(13)30-18)29-16-11(20)5-9(6-12(16)21)19(22,23)24/h3-7,26H,8H2,1-2H3. The zero-order valence-electron chi connectivity index (χ0n) is 15.5. The van der Waals surface area contributed by atoms with Crippen LogP contribution in [-0.4, -0.2) is 36.1 Å². The number of amides is 1. The van der Waals surface area contributed by atoms with Crippen molar-refractivity contribution in [2.45, 2.75) is 18.7 Å². The van der Waals surface area contributed by atoms with Crippen LogP contribution in [0.4, 0.5) is 23.2 Å². The van der Waals surface area contributed by atoms with Crippen LogP contribution in [-0.2, 0) is 15.8 Å². The van der Waals surface area contributed by atoms with Gasteiger partial charge in [0.2, 0.25) is 11.4 Å². The van der Waals surface area contributed by atoms with E-state index in [9.17, 15) is 27.2 Å². The van der Waals surface area contributed by atoms with Crippen LogP contribution in [0.25, 0.3) is 0 Å². The van der Waals surface area contributed by atoms with E-state index in [4.69, 9.17) is 26.2 Å². The van der Waals surface area contributed by atoms with Gasteiger partial charge in [-0.3, -0.25) is 9.59 Å². The Morgan fingerprint density at radius 2 is 1.97 bits per heavy atom. The summed E-state index contributed by atoms with van der Waals surface area (Å²) in [5.41, 5.74) is -3.01. The van der Waals surface area contributed by atoms with E-state index in [0.29, 0.717) is 6.07 Å². The molecule has 0 saturated heterocycles. The molecular weight excluding hydrogens is 434 g/mol. The summed E-state index contributed by atoms with van der Waals surface area (Å²) in [5, 5.41) is 8.53. The van der Waals surface area contributed by atoms with Crippen molar-refractivity contribution in [3.8, 4) is 17.2 Å². The Morgan fingerprint density at radius 3 is 2.53 bits per heavy atom. The van der Waals surface area contributed by atoms with E-state index in [0.717, 1.165) is 4.90 Å². The largest absolute Gasteiger partial charge is 0.467 e. The molecule has 1 heterocycles. The Morgan fingerprint density at radius 1 is 1.30 bits per heavy atom. The molecule has 0 bridgehead atoms. The van der Waals surface area contributed by atoms with E-state index in [1.54, 1.807) is 0 Å². The average molecular weight is 448 g/mol. The van der Waals surface area contributed by atoms with Crippen molar-refractivity contribution in [3.63, 3.8) is 0 Å². The molecule has 0 spiro atoms. The fourth-order valence-electron chi connectivity index (χ4n) is 2.88. The SMILES string of the molecule is CN1C(=O)C(C)(C(=O)CO)Oc2cc(Oc3c(F)cc(C(F)(F)F)cc3Cl)ccc21. The Hall–Kier alpha value is -2.85. The van der Waals surface area contributed by atoms with Crippen molar-refractivity contribution in [1.82, 2.24) is 0 Å². The summed E-state index contributed by atoms with van der Waals surface area (Å²) >= 11 is 5.76. The number of anilines is 1. The van der Waals surface area contributed by atoms with Crippen LogP contribution in [0.15, 0.2) is 30.3 Å². The second-order valence-electron chi connectivity index (χ2n) is 6.58. The highest BCUT2D eigenvalue weighted by Crippen LogP contribution is 2.43. The number of carbonyl (C=O) groups excluding carboxylic acids is 2. The Bertz CT molecular complexity index is 1020. The topological polar surface area (TPSA) is 76.1 Å². The normalized spacial score (nSPS) is 18.7. The number of carbonyl (C=O) groups is 2. The first-order valence-electron chi connectivity index (χ1n) is 8.38. The summed E-state index contributed by atoms with van der Waals surface area (Å²) in [7, 11) is 1.39. The minimum Gasteiger partial charge on any atom is -0.467 e. The number of hydrogen-bond donors (Lipinski definition) is 1. The van der Waals surface area contributed by atoms with Crippen LogP contribution in [0.2, 0.25) is 5.02 Å². The number of alkyl halides is 3. The predicted molar refractivity (Wildman–Crippen MR) is 97.5 cm³/mol. The van der Waals surface area contributed by atoms with Crippen molar-refractivity contribution in [2.75, 3.05) is 18.6 Å². The molecule has 0 radical (unpaired) electrons. The summed E-state index contributed by atoms with van der Waals surface area (Å²) in [6.45, 7) is 0.251. The van der Waals surface area contributed by atoms with Gasteiger partial charge in [-0.15, -0.1) is 0 Å². The third kappa shape index (κ3) is 3.68. The molecule has 6 nitrogen and oxygen atoms in total. The lowest BCUT2D eigenvalue weighted by atomic mass is 9.96. The van der Waals surface area contributed by atoms with Gasteiger partial charge in [-0.25, -0.2) is 4.39 Å². The lowest BCUT2D eigenvalue weighted by Crippen LogP contribution is -2.58. The van der Waals surface area contributed by atoms with Gasteiger partial charge in [-0.1, -0.05) is 11.6 Å². The minimum atomic E-state index is -4.79. The van der Waals surface area contributed by atoms with Crippen LogP contribution in [0, 0.1) is 5.82 Å². The molecule has 1 N–H and O–H groups in total. The lowest BCUT2D eigenvalue weighted by Gasteiger charge is -2.37. The molecule has 1 aliphatic heterocycles. The average Bonchev–Trinajstić information content (AvgIpc) is 2.67. The van der Waals surface area contributed by atoms with Crippen LogP contribution < -0.4 is 14.4 Å². The van der Waals surface area contributed by atoms with Crippen LogP contribution in [0.3, 0.4) is 0 Å². The van der Waals surface area contributed by atoms with Gasteiger partial charge in [0.25, 0.3) is 5.91 Å². The monoisotopic (exact) mass is 447 g/mol. The fraction of sp³-hybridized carbons (Fsp3) is 0.263. The van der Waals surface area contributed by atoms with Gasteiger partial charge < -0.3 is 19.5 Å². The van der Waals surface area contributed by atoms with E-state index in [1.165, 1.54) is 32.2 Å². The minimum absolute atomic E-state index is 0.00217. The molecule has 1 amide bonds. The highest BCUT2D eigenvalue weighted by atomic mass is 35.5. The van der Waals surface area contributed by atoms with Gasteiger partial charge in [-0.2, -0.15) is 13.2 Å². The molecule has 11 heteroatoms. The van der Waals surface area contributed by atoms with Gasteiger partial charge in [-0.05, 0) is 31.2 Å². The first-order chi connectivity index (χ1) is 13.9. The number of nitrogens with zero attached hydrogens (tertiary/aromatic N) is 1. The quantitative estimate of drug-likeness (QED) is 0.567. The molecule has 0 aliphatic carbocycles. The summed E-state index contributed by atoms with van der Waals surface area (Å²) < 4.78 is 63.3. The van der Waals surface area contributed by atoms with E-state index < -0.39 is 52.2 Å². The number of hydrogen-bond acceptors (Lipinski definition) is 5. The molecule has 0 saturated carbocycles. The maximum absolute atomic E-state index is 14.2. The number of likely N-dealkylation sites (N-methyl/N-ethyl adjacent to an activating group) is 1. The number of aliphatic hydroxyl groups excluding tert-OH is 1. The maximum Gasteiger partial charge on any atom is 0.416 e. The van der Waals surface area contributed by atoms with Crippen molar-refractivity contribution in [3.05, 3.63) is 46.7 Å². The third-order valence-electron chi connectivity index (χ3n) is 4.54. The van der Waals surface area contributed by atoms with Gasteiger partial charge in [0.1, 0.15) is 18.1 Å². The van der Waals surface area contributed by atoms with E-state index in [-0.39, 0.29) is 23.3 Å². The van der Waals surface area contributed by atoms with Crippen LogP contribution >= 0.6 is 11.6 Å². The third-order valence-corrected chi connectivity index (χ3v) is 4.82. The summed E-state index contributed by atoms with van der Waals surface area (Å²) in [4.78, 5) is 25.6. The second-order valence-corrected chi connectivity index (χ2v) is 6.99. The molecule has 30 heavy (non-hydrogen) atoms. The Kier molecular flexibility index (Phi) is 5.42. The number of rotatable bonds is 4. The molecule has 2 aromatic carbocycles. The number of fused-ring (bicyclic) bond motifs is 1. The predicted octanol–water partition coefficient (Wildman–Crippen LogP) is 3.97. The van der Waals surface area contributed by atoms with Gasteiger partial charge in [0, 0.05) is 13.1 Å². The number of ketones is 1. The molecular formula is C19H14ClF4NO5. The Balaban J connectivity index is 1.98.